The molecule has 11 nitrogen and oxygen atoms in total. The van der Waals surface area contributed by atoms with E-state index in [0.717, 1.165) is 23.1 Å². The maximum atomic E-state index is 14.1. The number of fused-ring (bicyclic) bond motifs is 4. The summed E-state index contributed by atoms with van der Waals surface area (Å²) in [5.41, 5.74) is 3.56. The van der Waals surface area contributed by atoms with Gasteiger partial charge in [-0.25, -0.2) is 22.9 Å². The van der Waals surface area contributed by atoms with Crippen molar-refractivity contribution in [2.45, 2.75) is 76.5 Å². The van der Waals surface area contributed by atoms with E-state index >= 15 is 0 Å². The van der Waals surface area contributed by atoms with E-state index in [-0.39, 0.29) is 53.0 Å². The zero-order valence-electron chi connectivity index (χ0n) is 24.8. The summed E-state index contributed by atoms with van der Waals surface area (Å²) in [7, 11) is -4.15. The van der Waals surface area contributed by atoms with Crippen molar-refractivity contribution in [2.75, 3.05) is 17.9 Å². The van der Waals surface area contributed by atoms with Gasteiger partial charge in [-0.05, 0) is 56.5 Å². The molecule has 228 valence electrons. The van der Waals surface area contributed by atoms with Crippen molar-refractivity contribution in [3.8, 4) is 17.1 Å². The molecule has 12 heteroatoms. The van der Waals surface area contributed by atoms with Crippen LogP contribution in [0.3, 0.4) is 0 Å². The van der Waals surface area contributed by atoms with Crippen molar-refractivity contribution in [3.05, 3.63) is 65.2 Å². The molecule has 1 atom stereocenters. The highest BCUT2D eigenvalue weighted by Gasteiger charge is 2.42. The first-order valence-electron chi connectivity index (χ1n) is 14.6. The van der Waals surface area contributed by atoms with Crippen LogP contribution in [0, 0.1) is 13.8 Å². The number of hydrogen-bond acceptors (Lipinski definition) is 8. The van der Waals surface area contributed by atoms with E-state index in [2.05, 4.69) is 20.0 Å². The summed E-state index contributed by atoms with van der Waals surface area (Å²) in [5, 5.41) is 2.63. The third-order valence-corrected chi connectivity index (χ3v) is 9.11. The number of ether oxygens (including phenoxy) is 2. The zero-order valence-corrected chi connectivity index (χ0v) is 25.6. The molecule has 0 spiro atoms. The summed E-state index contributed by atoms with van der Waals surface area (Å²) in [6, 6.07) is 13.0. The number of aromatic nitrogens is 2. The lowest BCUT2D eigenvalue weighted by atomic mass is 9.86. The minimum atomic E-state index is -4.15. The first kappa shape index (κ1) is 30.3. The Morgan fingerprint density at radius 1 is 1.09 bits per heavy atom. The topological polar surface area (TPSA) is 140 Å². The summed E-state index contributed by atoms with van der Waals surface area (Å²) >= 11 is 0. The largest absolute Gasteiger partial charge is 0.475 e. The van der Waals surface area contributed by atoms with Crippen LogP contribution in [0.25, 0.3) is 11.3 Å². The van der Waals surface area contributed by atoms with E-state index in [1.165, 1.54) is 12.1 Å². The monoisotopic (exact) mass is 607 g/mol. The van der Waals surface area contributed by atoms with Crippen molar-refractivity contribution in [2.24, 2.45) is 0 Å². The van der Waals surface area contributed by atoms with E-state index in [1.807, 2.05) is 45.9 Å². The molecule has 1 aliphatic heterocycles. The average molecular weight is 608 g/mol. The summed E-state index contributed by atoms with van der Waals surface area (Å²) in [6.07, 6.45) is 1.55. The van der Waals surface area contributed by atoms with Gasteiger partial charge in [0, 0.05) is 42.6 Å². The second-order valence-electron chi connectivity index (χ2n) is 11.0. The van der Waals surface area contributed by atoms with E-state index in [4.69, 9.17) is 9.47 Å². The number of hydrogen-bond donors (Lipinski definition) is 2. The number of rotatable bonds is 6. The lowest BCUT2D eigenvalue weighted by Crippen LogP contribution is -2.56. The Morgan fingerprint density at radius 2 is 1.81 bits per heavy atom. The fourth-order valence-electron chi connectivity index (χ4n) is 5.66. The lowest BCUT2D eigenvalue weighted by Gasteiger charge is -2.45. The number of nitrogens with zero attached hydrogens (tertiary/aromatic N) is 3. The highest BCUT2D eigenvalue weighted by atomic mass is 32.2. The van der Waals surface area contributed by atoms with Gasteiger partial charge in [-0.3, -0.25) is 4.79 Å². The molecule has 2 aromatic carbocycles. The zero-order chi connectivity index (χ0) is 30.7. The van der Waals surface area contributed by atoms with E-state index in [9.17, 15) is 18.0 Å². The van der Waals surface area contributed by atoms with Crippen LogP contribution < -0.4 is 14.8 Å². The van der Waals surface area contributed by atoms with Crippen LogP contribution in [0.15, 0.2) is 53.4 Å². The Labute approximate surface area is 252 Å². The van der Waals surface area contributed by atoms with Crippen molar-refractivity contribution in [3.63, 3.8) is 0 Å². The molecule has 2 amide bonds. The summed E-state index contributed by atoms with van der Waals surface area (Å²) in [4.78, 5) is 36.7. The number of anilines is 1. The number of amides is 2. The second-order valence-corrected chi connectivity index (χ2v) is 12.6. The van der Waals surface area contributed by atoms with Crippen molar-refractivity contribution in [1.29, 1.82) is 0 Å². The Hall–Kier alpha value is -4.19. The fraction of sp³-hybridized carbons (Fsp3) is 0.419. The lowest BCUT2D eigenvalue weighted by molar-refractivity contribution is -0.0256. The van der Waals surface area contributed by atoms with E-state index in [0.29, 0.717) is 31.5 Å². The molecule has 43 heavy (non-hydrogen) atoms. The molecule has 2 heterocycles. The molecule has 1 aromatic heterocycles. The predicted molar refractivity (Wildman–Crippen MR) is 162 cm³/mol. The number of benzene rings is 2. The molecular weight excluding hydrogens is 570 g/mol. The number of sulfonamides is 1. The van der Waals surface area contributed by atoms with Gasteiger partial charge in [0.2, 0.25) is 11.8 Å². The smallest absolute Gasteiger partial charge is 0.407 e. The predicted octanol–water partition coefficient (Wildman–Crippen LogP) is 4.84. The van der Waals surface area contributed by atoms with Crippen LogP contribution in [-0.2, 0) is 14.8 Å². The molecule has 1 fully saturated rings. The average Bonchev–Trinajstić information content (AvgIpc) is 2.94. The highest BCUT2D eigenvalue weighted by molar-refractivity contribution is 7.92. The molecule has 0 saturated heterocycles. The first-order chi connectivity index (χ1) is 20.6. The Morgan fingerprint density at radius 3 is 2.51 bits per heavy atom. The molecular formula is C31H37N5O6S. The molecule has 1 aliphatic carbocycles. The van der Waals surface area contributed by atoms with Gasteiger partial charge in [-0.1, -0.05) is 37.6 Å². The van der Waals surface area contributed by atoms with Gasteiger partial charge < -0.3 is 19.7 Å². The minimum Gasteiger partial charge on any atom is -0.475 e. The molecule has 3 aromatic rings. The van der Waals surface area contributed by atoms with Gasteiger partial charge in [0.25, 0.3) is 15.9 Å². The molecule has 0 unspecified atom stereocenters. The van der Waals surface area contributed by atoms with Crippen LogP contribution in [0.5, 0.6) is 5.88 Å². The van der Waals surface area contributed by atoms with Gasteiger partial charge in [0.15, 0.2) is 0 Å². The van der Waals surface area contributed by atoms with Crippen molar-refractivity contribution < 1.29 is 27.5 Å². The number of carbonyl (C=O) groups is 2. The number of nitrogens with one attached hydrogen (secondary N) is 2. The maximum Gasteiger partial charge on any atom is 0.407 e. The van der Waals surface area contributed by atoms with Gasteiger partial charge in [0.05, 0.1) is 16.6 Å². The Kier molecular flexibility index (Phi) is 8.86. The molecule has 5 rings (SSSR count). The van der Waals surface area contributed by atoms with Crippen LogP contribution in [0.1, 0.15) is 61.0 Å². The van der Waals surface area contributed by atoms with Gasteiger partial charge in [-0.15, -0.1) is 0 Å². The molecule has 2 N–H and O–H groups in total. The molecule has 1 saturated carbocycles. The number of alkyl carbamates (subject to hydrolysis) is 1. The molecule has 0 radical (unpaired) electrons. The van der Waals surface area contributed by atoms with Gasteiger partial charge in [0.1, 0.15) is 12.7 Å². The summed E-state index contributed by atoms with van der Waals surface area (Å²) < 4.78 is 41.2. The maximum absolute atomic E-state index is 14.1. The van der Waals surface area contributed by atoms with E-state index < -0.39 is 16.1 Å². The molecule has 2 aliphatic rings. The summed E-state index contributed by atoms with van der Waals surface area (Å²) in [5.74, 6) is -0.246. The van der Waals surface area contributed by atoms with Crippen LogP contribution >= 0.6 is 0 Å². The summed E-state index contributed by atoms with van der Waals surface area (Å²) in [6.45, 7) is 8.36. The van der Waals surface area contributed by atoms with Crippen LogP contribution in [0.4, 0.5) is 10.7 Å². The van der Waals surface area contributed by atoms with Gasteiger partial charge >= 0.3 is 6.09 Å². The Balaban J connectivity index is 1.56. The Bertz CT molecular complexity index is 1600. The second kappa shape index (κ2) is 12.6. The molecule has 4 bridgehead atoms. The van der Waals surface area contributed by atoms with E-state index in [1.54, 1.807) is 23.1 Å². The van der Waals surface area contributed by atoms with Gasteiger partial charge in [-0.2, -0.15) is 4.98 Å². The first-order valence-corrected chi connectivity index (χ1v) is 16.1. The minimum absolute atomic E-state index is 0.0841. The number of aryl methyl sites for hydroxylation is 2. The SMILES string of the molecule is CCC[C@@H]1COc2cc(-c3c(C)cccc3C)nc(n2)NS(=O)(=O)c2cccc(c2)C(=O)N1[C@H]1C[C@@H](OC(=O)NCC)C1. The third kappa shape index (κ3) is 6.58. The van der Waals surface area contributed by atoms with Crippen molar-refractivity contribution in [1.82, 2.24) is 20.2 Å². The normalized spacial score (nSPS) is 21.2. The van der Waals surface area contributed by atoms with Crippen molar-refractivity contribution >= 4 is 28.0 Å². The standard InChI is InChI=1S/C31H37N5O6S/c1-5-9-22-18-41-27-17-26(28-19(3)10-7-11-20(28)4)33-30(34-27)35-43(39,40)25-13-8-12-21(14-25)29(37)36(22)23-15-24(16-23)42-31(38)32-6-2/h7-8,10-14,17,22-24H,5-6,9,15-16,18H2,1-4H3,(H,32,38)(H,33,34,35)/t22-,23-,24+/m1/s1. The fourth-order valence-corrected chi connectivity index (χ4v) is 6.65. The third-order valence-electron chi connectivity index (χ3n) is 7.79. The quantitative estimate of drug-likeness (QED) is 0.406. The van der Waals surface area contributed by atoms with Crippen LogP contribution in [-0.4, -0.2) is 66.6 Å². The number of carbonyl (C=O) groups excluding carboxylic acids is 2. The highest BCUT2D eigenvalue weighted by Crippen LogP contribution is 2.34. The van der Waals surface area contributed by atoms with Crippen LogP contribution in [0.2, 0.25) is 0 Å².